The van der Waals surface area contributed by atoms with Gasteiger partial charge in [0, 0.05) is 50.6 Å². The highest BCUT2D eigenvalue weighted by Gasteiger charge is 2.40. The van der Waals surface area contributed by atoms with Crippen LogP contribution in [-0.4, -0.2) is 78.2 Å². The van der Waals surface area contributed by atoms with Crippen molar-refractivity contribution in [3.63, 3.8) is 0 Å². The van der Waals surface area contributed by atoms with Gasteiger partial charge in [0.05, 0.1) is 29.6 Å². The molecule has 1 fully saturated rings. The van der Waals surface area contributed by atoms with Crippen molar-refractivity contribution in [1.82, 2.24) is 15.1 Å². The number of nitro benzene ring substituents is 1. The maximum Gasteiger partial charge on any atom is 0.340 e. The van der Waals surface area contributed by atoms with Crippen LogP contribution in [0.2, 0.25) is 0 Å². The Labute approximate surface area is 261 Å². The second kappa shape index (κ2) is 14.2. The minimum atomic E-state index is -1.14. The summed E-state index contributed by atoms with van der Waals surface area (Å²) in [5.41, 5.74) is 2.61. The van der Waals surface area contributed by atoms with E-state index in [9.17, 15) is 24.8 Å². The number of rotatable bonds is 10. The Bertz CT molecular complexity index is 1560. The Morgan fingerprint density at radius 3 is 2.13 bits per heavy atom. The lowest BCUT2D eigenvalue weighted by atomic mass is 9.81. The molecule has 2 heterocycles. The number of benzene rings is 3. The second-order valence-corrected chi connectivity index (χ2v) is 10.9. The average Bonchev–Trinajstić information content (AvgIpc) is 3.06. The van der Waals surface area contributed by atoms with Crippen LogP contribution in [0.3, 0.4) is 0 Å². The van der Waals surface area contributed by atoms with Crippen LogP contribution in [0.5, 0.6) is 0 Å². The second-order valence-electron chi connectivity index (χ2n) is 10.9. The molecule has 2 aliphatic heterocycles. The Hall–Kier alpha value is -5.00. The molecule has 0 amide bonds. The summed E-state index contributed by atoms with van der Waals surface area (Å²) in [7, 11) is 1.15. The molecule has 3 aromatic carbocycles. The van der Waals surface area contributed by atoms with Gasteiger partial charge in [0.2, 0.25) is 0 Å². The van der Waals surface area contributed by atoms with E-state index < -0.39 is 28.7 Å². The first-order valence-electron chi connectivity index (χ1n) is 14.8. The molecule has 2 N–H and O–H groups in total. The van der Waals surface area contributed by atoms with Gasteiger partial charge in [0.25, 0.3) is 5.69 Å². The lowest BCUT2D eigenvalue weighted by Gasteiger charge is -2.39. The Morgan fingerprint density at radius 2 is 1.56 bits per heavy atom. The molecule has 11 heteroatoms. The number of non-ortho nitro benzene ring substituents is 1. The number of allylic oxidation sites excluding steroid dienone is 1. The van der Waals surface area contributed by atoms with Crippen molar-refractivity contribution < 1.29 is 29.1 Å². The average molecular weight is 613 g/mol. The molecule has 0 radical (unpaired) electrons. The number of piperazine rings is 1. The minimum absolute atomic E-state index is 0.0621. The zero-order valence-corrected chi connectivity index (χ0v) is 25.2. The third-order valence-corrected chi connectivity index (χ3v) is 8.23. The van der Waals surface area contributed by atoms with E-state index in [1.807, 2.05) is 12.1 Å². The van der Waals surface area contributed by atoms with E-state index in [0.717, 1.165) is 33.3 Å². The zero-order chi connectivity index (χ0) is 31.9. The summed E-state index contributed by atoms with van der Waals surface area (Å²) >= 11 is 0. The lowest BCUT2D eigenvalue weighted by molar-refractivity contribution is -0.384. The number of hydrogen-bond acceptors (Lipinski definition) is 10. The SMILES string of the molecule is COC(=O)C1=C(O)NC(C)=C(C(=O)OCCN2CCN(C(c3ccccc3)c3ccccc3)CC2)C1c1cccc([N+](=O)[O-])c1. The van der Waals surface area contributed by atoms with Gasteiger partial charge in [-0.1, -0.05) is 72.8 Å². The highest BCUT2D eigenvalue weighted by molar-refractivity contribution is 5.99. The maximum absolute atomic E-state index is 13.5. The van der Waals surface area contributed by atoms with Gasteiger partial charge in [0.15, 0.2) is 5.88 Å². The van der Waals surface area contributed by atoms with E-state index in [1.54, 1.807) is 13.0 Å². The molecule has 3 aromatic rings. The fourth-order valence-corrected chi connectivity index (χ4v) is 6.03. The van der Waals surface area contributed by atoms with Crippen LogP contribution in [0, 0.1) is 10.1 Å². The molecular weight excluding hydrogens is 576 g/mol. The van der Waals surface area contributed by atoms with E-state index in [1.165, 1.54) is 29.3 Å². The van der Waals surface area contributed by atoms with Crippen molar-refractivity contribution in [2.24, 2.45) is 0 Å². The first kappa shape index (κ1) is 31.4. The number of carbonyl (C=O) groups excluding carboxylic acids is 2. The standard InChI is InChI=1S/C34H36N4O7/c1-23-28(29(30(32(39)35-23)33(40)44-2)26-14-9-15-27(22-26)38(42)43)34(41)45-21-20-36-16-18-37(19-17-36)31(24-10-5-3-6-11-24)25-12-7-4-8-13-25/h3-15,22,29,31,35,39H,16-21H2,1-2H3. The zero-order valence-electron chi connectivity index (χ0n) is 25.2. The van der Waals surface area contributed by atoms with Crippen molar-refractivity contribution in [1.29, 1.82) is 0 Å². The minimum Gasteiger partial charge on any atom is -0.494 e. The molecule has 1 atom stereocenters. The Morgan fingerprint density at radius 1 is 0.933 bits per heavy atom. The fraction of sp³-hybridized carbons (Fsp3) is 0.294. The van der Waals surface area contributed by atoms with Crippen molar-refractivity contribution >= 4 is 17.6 Å². The van der Waals surface area contributed by atoms with Gasteiger partial charge < -0.3 is 19.9 Å². The number of nitrogens with zero attached hydrogens (tertiary/aromatic N) is 3. The quantitative estimate of drug-likeness (QED) is 0.192. The molecular formula is C34H36N4O7. The van der Waals surface area contributed by atoms with E-state index >= 15 is 0 Å². The number of ether oxygens (including phenoxy) is 2. The van der Waals surface area contributed by atoms with Crippen molar-refractivity contribution in [2.45, 2.75) is 18.9 Å². The van der Waals surface area contributed by atoms with Gasteiger partial charge in [-0.25, -0.2) is 9.59 Å². The van der Waals surface area contributed by atoms with E-state index in [-0.39, 0.29) is 40.7 Å². The predicted molar refractivity (Wildman–Crippen MR) is 167 cm³/mol. The summed E-state index contributed by atoms with van der Waals surface area (Å²) in [5, 5.41) is 24.8. The first-order chi connectivity index (χ1) is 21.8. The molecule has 45 heavy (non-hydrogen) atoms. The van der Waals surface area contributed by atoms with E-state index in [2.05, 4.69) is 63.6 Å². The number of nitrogens with one attached hydrogen (secondary N) is 1. The smallest absolute Gasteiger partial charge is 0.340 e. The fourth-order valence-electron chi connectivity index (χ4n) is 6.03. The summed E-state index contributed by atoms with van der Waals surface area (Å²) in [5.74, 6) is -3.20. The third-order valence-electron chi connectivity index (χ3n) is 8.23. The van der Waals surface area contributed by atoms with Crippen LogP contribution in [-0.2, 0) is 19.1 Å². The molecule has 1 unspecified atom stereocenters. The number of aliphatic hydroxyl groups is 1. The molecule has 0 bridgehead atoms. The molecule has 11 nitrogen and oxygen atoms in total. The third kappa shape index (κ3) is 7.05. The lowest BCUT2D eigenvalue weighted by Crippen LogP contribution is -2.48. The van der Waals surface area contributed by atoms with Crippen molar-refractivity contribution in [3.8, 4) is 0 Å². The van der Waals surface area contributed by atoms with Gasteiger partial charge >= 0.3 is 11.9 Å². The number of dihydropyridines is 1. The van der Waals surface area contributed by atoms with Gasteiger partial charge in [-0.3, -0.25) is 19.9 Å². The van der Waals surface area contributed by atoms with Crippen molar-refractivity contribution in [2.75, 3.05) is 46.4 Å². The monoisotopic (exact) mass is 612 g/mol. The van der Waals surface area contributed by atoms with Crippen LogP contribution in [0.15, 0.2) is 108 Å². The highest BCUT2D eigenvalue weighted by atomic mass is 16.6. The number of nitro groups is 1. The molecule has 0 spiro atoms. The Kier molecular flexibility index (Phi) is 9.91. The van der Waals surface area contributed by atoms with Crippen LogP contribution < -0.4 is 5.32 Å². The van der Waals surface area contributed by atoms with Crippen LogP contribution in [0.4, 0.5) is 5.69 Å². The van der Waals surface area contributed by atoms with Gasteiger partial charge in [-0.05, 0) is 23.6 Å². The Balaban J connectivity index is 1.26. The molecule has 234 valence electrons. The van der Waals surface area contributed by atoms with Gasteiger partial charge in [-0.15, -0.1) is 0 Å². The van der Waals surface area contributed by atoms with Gasteiger partial charge in [0.1, 0.15) is 12.2 Å². The van der Waals surface area contributed by atoms with Crippen molar-refractivity contribution in [3.05, 3.63) is 134 Å². The molecule has 1 saturated heterocycles. The summed E-state index contributed by atoms with van der Waals surface area (Å²) in [4.78, 5) is 41.9. The maximum atomic E-state index is 13.5. The first-order valence-corrected chi connectivity index (χ1v) is 14.8. The number of aliphatic hydroxyl groups excluding tert-OH is 1. The number of methoxy groups -OCH3 is 1. The summed E-state index contributed by atoms with van der Waals surface area (Å²) in [6.07, 6.45) is 0. The summed E-state index contributed by atoms with van der Waals surface area (Å²) in [6.45, 7) is 5.41. The molecule has 0 saturated carbocycles. The van der Waals surface area contributed by atoms with Gasteiger partial charge in [-0.2, -0.15) is 0 Å². The van der Waals surface area contributed by atoms with Crippen LogP contribution in [0.1, 0.15) is 35.6 Å². The largest absolute Gasteiger partial charge is 0.494 e. The van der Waals surface area contributed by atoms with E-state index in [0.29, 0.717) is 6.54 Å². The molecule has 0 aromatic heterocycles. The summed E-state index contributed by atoms with van der Waals surface area (Å²) in [6, 6.07) is 26.6. The highest BCUT2D eigenvalue weighted by Crippen LogP contribution is 2.39. The number of carbonyl (C=O) groups is 2. The molecule has 5 rings (SSSR count). The summed E-state index contributed by atoms with van der Waals surface area (Å²) < 4.78 is 10.6. The number of esters is 2. The predicted octanol–water partition coefficient (Wildman–Crippen LogP) is 4.45. The van der Waals surface area contributed by atoms with Crippen LogP contribution in [0.25, 0.3) is 0 Å². The topological polar surface area (TPSA) is 134 Å². The molecule has 0 aliphatic carbocycles. The van der Waals surface area contributed by atoms with Crippen LogP contribution >= 0.6 is 0 Å². The molecule has 2 aliphatic rings. The number of hydrogen-bond donors (Lipinski definition) is 2. The normalized spacial score (nSPS) is 17.6. The van der Waals surface area contributed by atoms with E-state index in [4.69, 9.17) is 9.47 Å².